The lowest BCUT2D eigenvalue weighted by atomic mass is 10.2. The molecule has 3 aromatic rings. The Bertz CT molecular complexity index is 692. The second-order valence-electron chi connectivity index (χ2n) is 4.41. The van der Waals surface area contributed by atoms with Gasteiger partial charge >= 0.3 is 0 Å². The van der Waals surface area contributed by atoms with E-state index in [2.05, 4.69) is 10.1 Å². The van der Waals surface area contributed by atoms with Crippen LogP contribution in [0.1, 0.15) is 24.4 Å². The molecule has 94 valence electrons. The van der Waals surface area contributed by atoms with Crippen LogP contribution in [0, 0.1) is 6.92 Å². The van der Waals surface area contributed by atoms with Gasteiger partial charge in [0.2, 0.25) is 5.95 Å². The second kappa shape index (κ2) is 3.63. The van der Waals surface area contributed by atoms with Crippen LogP contribution >= 0.6 is 0 Å². The Morgan fingerprint density at radius 1 is 1.44 bits per heavy atom. The van der Waals surface area contributed by atoms with Gasteiger partial charge in [-0.1, -0.05) is 0 Å². The molecule has 0 radical (unpaired) electrons. The van der Waals surface area contributed by atoms with E-state index in [1.165, 1.54) is 0 Å². The third kappa shape index (κ3) is 1.35. The number of nitrogen functional groups attached to an aromatic ring is 1. The van der Waals surface area contributed by atoms with Crippen LogP contribution in [0.15, 0.2) is 22.8 Å². The minimum atomic E-state index is -0.0141. The first kappa shape index (κ1) is 10.9. The first-order valence-corrected chi connectivity index (χ1v) is 5.80. The molecule has 0 saturated heterocycles. The molecule has 0 bridgehead atoms. The fourth-order valence-electron chi connectivity index (χ4n) is 2.35. The van der Waals surface area contributed by atoms with Gasteiger partial charge in [0.25, 0.3) is 0 Å². The lowest BCUT2D eigenvalue weighted by molar-refractivity contribution is 0.450. The van der Waals surface area contributed by atoms with Gasteiger partial charge in [-0.3, -0.25) is 9.25 Å². The molecule has 0 fully saturated rings. The maximum atomic E-state index is 6.01. The summed E-state index contributed by atoms with van der Waals surface area (Å²) >= 11 is 0. The van der Waals surface area contributed by atoms with Crippen molar-refractivity contribution in [1.82, 2.24) is 19.3 Å². The van der Waals surface area contributed by atoms with E-state index in [1.807, 2.05) is 37.6 Å². The first-order valence-electron chi connectivity index (χ1n) is 5.80. The normalized spacial score (nSPS) is 13.3. The number of fused-ring (bicyclic) bond motifs is 1. The average Bonchev–Trinajstić information content (AvgIpc) is 2.98. The largest absolute Gasteiger partial charge is 0.467 e. The van der Waals surface area contributed by atoms with E-state index in [9.17, 15) is 0 Å². The molecule has 6 heteroatoms. The van der Waals surface area contributed by atoms with Crippen LogP contribution in [0.25, 0.3) is 11.2 Å². The Morgan fingerprint density at radius 2 is 2.22 bits per heavy atom. The molecule has 18 heavy (non-hydrogen) atoms. The third-order valence-electron chi connectivity index (χ3n) is 3.20. The quantitative estimate of drug-likeness (QED) is 0.747. The molecular formula is C12H15N5O. The summed E-state index contributed by atoms with van der Waals surface area (Å²) in [6, 6.07) is 3.78. The van der Waals surface area contributed by atoms with Gasteiger partial charge < -0.3 is 10.2 Å². The summed E-state index contributed by atoms with van der Waals surface area (Å²) in [5.74, 6) is 1.32. The number of rotatable bonds is 2. The summed E-state index contributed by atoms with van der Waals surface area (Å²) in [7, 11) is 1.89. The predicted molar refractivity (Wildman–Crippen MR) is 68.2 cm³/mol. The Morgan fingerprint density at radius 3 is 2.89 bits per heavy atom. The van der Waals surface area contributed by atoms with Crippen molar-refractivity contribution in [1.29, 1.82) is 0 Å². The van der Waals surface area contributed by atoms with Crippen molar-refractivity contribution in [2.45, 2.75) is 19.9 Å². The molecule has 0 amide bonds. The minimum Gasteiger partial charge on any atom is -0.467 e. The summed E-state index contributed by atoms with van der Waals surface area (Å²) in [6.45, 7) is 3.95. The van der Waals surface area contributed by atoms with Crippen molar-refractivity contribution < 1.29 is 4.42 Å². The maximum Gasteiger partial charge on any atom is 0.203 e. The van der Waals surface area contributed by atoms with Crippen LogP contribution in [0.3, 0.4) is 0 Å². The number of nitrogens with zero attached hydrogens (tertiary/aromatic N) is 4. The summed E-state index contributed by atoms with van der Waals surface area (Å²) < 4.78 is 9.17. The standard InChI is InChI=1S/C12H15N5O/c1-7-10-11(16(3)15-7)17(12(13)14-10)8(2)9-5-4-6-18-9/h4-6,8H,1-3H3,(H2,13,14). The Kier molecular flexibility index (Phi) is 2.19. The zero-order chi connectivity index (χ0) is 12.9. The highest BCUT2D eigenvalue weighted by molar-refractivity contribution is 5.77. The number of furan rings is 1. The predicted octanol–water partition coefficient (Wildman–Crippen LogP) is 1.86. The summed E-state index contributed by atoms with van der Waals surface area (Å²) in [5.41, 5.74) is 8.64. The molecule has 3 rings (SSSR count). The highest BCUT2D eigenvalue weighted by Gasteiger charge is 2.21. The van der Waals surface area contributed by atoms with Gasteiger partial charge in [-0.15, -0.1) is 0 Å². The van der Waals surface area contributed by atoms with Gasteiger partial charge in [0.15, 0.2) is 5.65 Å². The Labute approximate surface area is 104 Å². The Hall–Kier alpha value is -2.24. The van der Waals surface area contributed by atoms with E-state index in [-0.39, 0.29) is 6.04 Å². The molecule has 3 aromatic heterocycles. The lowest BCUT2D eigenvalue weighted by Crippen LogP contribution is -2.12. The van der Waals surface area contributed by atoms with E-state index < -0.39 is 0 Å². The van der Waals surface area contributed by atoms with E-state index in [1.54, 1.807) is 10.9 Å². The second-order valence-corrected chi connectivity index (χ2v) is 4.41. The number of imidazole rings is 1. The molecule has 0 spiro atoms. The number of hydrogen-bond donors (Lipinski definition) is 1. The van der Waals surface area contributed by atoms with E-state index >= 15 is 0 Å². The average molecular weight is 245 g/mol. The summed E-state index contributed by atoms with van der Waals surface area (Å²) in [5, 5.41) is 4.36. The van der Waals surface area contributed by atoms with Gasteiger partial charge in [0, 0.05) is 7.05 Å². The molecule has 2 N–H and O–H groups in total. The molecular weight excluding hydrogens is 230 g/mol. The summed E-state index contributed by atoms with van der Waals surface area (Å²) in [6.07, 6.45) is 1.66. The number of nitrogens with two attached hydrogens (primary N) is 1. The summed E-state index contributed by atoms with van der Waals surface area (Å²) in [4.78, 5) is 4.38. The van der Waals surface area contributed by atoms with E-state index in [0.717, 1.165) is 22.6 Å². The van der Waals surface area contributed by atoms with Crippen molar-refractivity contribution in [2.75, 3.05) is 5.73 Å². The van der Waals surface area contributed by atoms with Crippen molar-refractivity contribution in [3.8, 4) is 0 Å². The van der Waals surface area contributed by atoms with Gasteiger partial charge in [-0.05, 0) is 26.0 Å². The number of hydrogen-bond acceptors (Lipinski definition) is 4. The number of anilines is 1. The van der Waals surface area contributed by atoms with Crippen LogP contribution in [0.4, 0.5) is 5.95 Å². The lowest BCUT2D eigenvalue weighted by Gasteiger charge is -2.13. The molecule has 0 aliphatic heterocycles. The highest BCUT2D eigenvalue weighted by atomic mass is 16.3. The molecule has 1 atom stereocenters. The van der Waals surface area contributed by atoms with E-state index in [0.29, 0.717) is 5.95 Å². The van der Waals surface area contributed by atoms with Crippen molar-refractivity contribution >= 4 is 17.1 Å². The molecule has 0 saturated carbocycles. The van der Waals surface area contributed by atoms with Crippen LogP contribution in [0.2, 0.25) is 0 Å². The molecule has 0 aliphatic carbocycles. The monoisotopic (exact) mass is 245 g/mol. The van der Waals surface area contributed by atoms with Crippen LogP contribution in [-0.2, 0) is 7.05 Å². The van der Waals surface area contributed by atoms with Gasteiger partial charge in [0.05, 0.1) is 18.0 Å². The minimum absolute atomic E-state index is 0.0141. The van der Waals surface area contributed by atoms with Crippen LogP contribution in [-0.4, -0.2) is 19.3 Å². The fraction of sp³-hybridized carbons (Fsp3) is 0.333. The highest BCUT2D eigenvalue weighted by Crippen LogP contribution is 2.28. The zero-order valence-corrected chi connectivity index (χ0v) is 10.6. The molecule has 0 aliphatic rings. The fourth-order valence-corrected chi connectivity index (χ4v) is 2.35. The number of aromatic nitrogens is 4. The zero-order valence-electron chi connectivity index (χ0n) is 10.6. The van der Waals surface area contributed by atoms with Crippen molar-refractivity contribution in [3.63, 3.8) is 0 Å². The molecule has 0 aromatic carbocycles. The van der Waals surface area contributed by atoms with Crippen molar-refractivity contribution in [2.24, 2.45) is 7.05 Å². The Balaban J connectivity index is 2.25. The molecule has 1 unspecified atom stereocenters. The van der Waals surface area contributed by atoms with Gasteiger partial charge in [-0.25, -0.2) is 4.98 Å². The van der Waals surface area contributed by atoms with E-state index in [4.69, 9.17) is 10.2 Å². The smallest absolute Gasteiger partial charge is 0.203 e. The van der Waals surface area contributed by atoms with Gasteiger partial charge in [-0.2, -0.15) is 5.10 Å². The first-order chi connectivity index (χ1) is 8.59. The van der Waals surface area contributed by atoms with Gasteiger partial charge in [0.1, 0.15) is 11.3 Å². The third-order valence-corrected chi connectivity index (χ3v) is 3.20. The topological polar surface area (TPSA) is 74.8 Å². The van der Waals surface area contributed by atoms with Crippen LogP contribution in [0.5, 0.6) is 0 Å². The SMILES string of the molecule is Cc1nn(C)c2c1nc(N)n2C(C)c1ccco1. The molecule has 3 heterocycles. The maximum absolute atomic E-state index is 6.01. The van der Waals surface area contributed by atoms with Crippen molar-refractivity contribution in [3.05, 3.63) is 29.9 Å². The van der Waals surface area contributed by atoms with Crippen LogP contribution < -0.4 is 5.73 Å². The number of aryl methyl sites for hydroxylation is 2. The molecule has 6 nitrogen and oxygen atoms in total.